The molecule has 0 spiro atoms. The standard InChI is InChI=1S/C27H24N4Si/c1-3-32(2)26(22-16-10-18-28-30-22)24(20-12-6-4-7-13-20)25(21-14-8-5-9-15-21)27(32)23-17-11-19-29-31-23/h4-19H,3H2,1-2H3. The Kier molecular flexibility index (Phi) is 5.33. The lowest BCUT2D eigenvalue weighted by atomic mass is 9.90. The molecule has 5 rings (SSSR count). The number of allylic oxidation sites excluding steroid dienone is 2. The molecule has 0 atom stereocenters. The molecular formula is C27H24N4Si. The maximum atomic E-state index is 4.60. The fraction of sp³-hybridized carbons (Fsp3) is 0.111. The van der Waals surface area contributed by atoms with Gasteiger partial charge in [0.15, 0.2) is 0 Å². The van der Waals surface area contributed by atoms with Gasteiger partial charge in [-0.25, -0.2) is 0 Å². The van der Waals surface area contributed by atoms with Gasteiger partial charge >= 0.3 is 0 Å². The van der Waals surface area contributed by atoms with E-state index in [1.807, 2.05) is 12.1 Å². The van der Waals surface area contributed by atoms with Crippen molar-refractivity contribution in [1.82, 2.24) is 20.4 Å². The van der Waals surface area contributed by atoms with Gasteiger partial charge in [-0.1, -0.05) is 80.2 Å². The van der Waals surface area contributed by atoms with Gasteiger partial charge in [0, 0.05) is 12.4 Å². The molecule has 0 bridgehead atoms. The summed E-state index contributed by atoms with van der Waals surface area (Å²) in [7, 11) is -2.24. The molecule has 0 radical (unpaired) electrons. The summed E-state index contributed by atoms with van der Waals surface area (Å²) in [4.78, 5) is 0. The number of hydrogen-bond donors (Lipinski definition) is 0. The van der Waals surface area contributed by atoms with Crippen molar-refractivity contribution in [3.05, 3.63) is 120 Å². The van der Waals surface area contributed by atoms with Crippen molar-refractivity contribution in [3.8, 4) is 0 Å². The SMILES string of the molecule is CC[Si]1(C)C(c2cccnn2)=C(c2ccccc2)C(c2ccccc2)=C1c1cccnn1. The van der Waals surface area contributed by atoms with Crippen molar-refractivity contribution in [1.29, 1.82) is 0 Å². The van der Waals surface area contributed by atoms with Gasteiger partial charge in [0.05, 0.1) is 11.4 Å². The lowest BCUT2D eigenvalue weighted by Crippen LogP contribution is -2.32. The predicted molar refractivity (Wildman–Crippen MR) is 133 cm³/mol. The fourth-order valence-corrected chi connectivity index (χ4v) is 8.76. The molecule has 5 heteroatoms. The van der Waals surface area contributed by atoms with Gasteiger partial charge in [0.2, 0.25) is 0 Å². The highest BCUT2D eigenvalue weighted by Gasteiger charge is 2.47. The zero-order valence-electron chi connectivity index (χ0n) is 18.2. The first-order chi connectivity index (χ1) is 15.7. The molecule has 4 nitrogen and oxygen atoms in total. The minimum absolute atomic E-state index is 0.953. The summed E-state index contributed by atoms with van der Waals surface area (Å²) in [6.07, 6.45) is 3.47. The first-order valence-corrected chi connectivity index (χ1v) is 13.6. The molecule has 4 aromatic rings. The third kappa shape index (κ3) is 3.31. The normalized spacial score (nSPS) is 15.3. The average molecular weight is 433 g/mol. The van der Waals surface area contributed by atoms with Crippen LogP contribution in [0.1, 0.15) is 29.4 Å². The summed E-state index contributed by atoms with van der Waals surface area (Å²) in [5.41, 5.74) is 6.78. The minimum atomic E-state index is -2.24. The molecule has 2 aromatic carbocycles. The van der Waals surface area contributed by atoms with Crippen LogP contribution in [0.3, 0.4) is 0 Å². The lowest BCUT2D eigenvalue weighted by Gasteiger charge is -2.28. The van der Waals surface area contributed by atoms with E-state index >= 15 is 0 Å². The molecule has 3 heterocycles. The van der Waals surface area contributed by atoms with Crippen LogP contribution in [0, 0.1) is 0 Å². The Balaban J connectivity index is 1.94. The Labute approximate surface area is 189 Å². The van der Waals surface area contributed by atoms with E-state index in [0.717, 1.165) is 17.4 Å². The van der Waals surface area contributed by atoms with Gasteiger partial charge in [-0.15, -0.1) is 0 Å². The molecule has 0 fully saturated rings. The molecule has 32 heavy (non-hydrogen) atoms. The van der Waals surface area contributed by atoms with E-state index in [9.17, 15) is 0 Å². The van der Waals surface area contributed by atoms with E-state index in [2.05, 4.69) is 107 Å². The molecular weight excluding hydrogens is 408 g/mol. The number of aromatic nitrogens is 4. The first-order valence-electron chi connectivity index (χ1n) is 10.9. The molecule has 0 unspecified atom stereocenters. The second kappa shape index (κ2) is 8.44. The lowest BCUT2D eigenvalue weighted by molar-refractivity contribution is 1.01. The Morgan fingerprint density at radius 2 is 1.03 bits per heavy atom. The Morgan fingerprint density at radius 1 is 0.594 bits per heavy atom. The molecule has 156 valence electrons. The van der Waals surface area contributed by atoms with Crippen LogP contribution < -0.4 is 0 Å². The first kappa shape index (κ1) is 20.2. The smallest absolute Gasteiger partial charge is 0.122 e. The van der Waals surface area contributed by atoms with E-state index in [0.29, 0.717) is 0 Å². The summed E-state index contributed by atoms with van der Waals surface area (Å²) in [6, 6.07) is 30.5. The van der Waals surface area contributed by atoms with Gasteiger partial charge < -0.3 is 0 Å². The van der Waals surface area contributed by atoms with Crippen LogP contribution in [0.25, 0.3) is 21.5 Å². The van der Waals surface area contributed by atoms with Crippen molar-refractivity contribution in [3.63, 3.8) is 0 Å². The topological polar surface area (TPSA) is 51.6 Å². The van der Waals surface area contributed by atoms with Crippen molar-refractivity contribution in [2.75, 3.05) is 0 Å². The number of rotatable bonds is 5. The predicted octanol–water partition coefficient (Wildman–Crippen LogP) is 5.98. The van der Waals surface area contributed by atoms with E-state index in [1.165, 1.54) is 32.7 Å². The molecule has 0 amide bonds. The van der Waals surface area contributed by atoms with Crippen LogP contribution in [0.2, 0.25) is 12.6 Å². The summed E-state index contributed by atoms with van der Waals surface area (Å²) in [5, 5.41) is 20.3. The molecule has 0 saturated carbocycles. The van der Waals surface area contributed by atoms with E-state index in [4.69, 9.17) is 0 Å². The second-order valence-corrected chi connectivity index (χ2v) is 12.5. The highest BCUT2D eigenvalue weighted by Crippen LogP contribution is 2.55. The number of benzene rings is 2. The molecule has 0 saturated heterocycles. The summed E-state index contributed by atoms with van der Waals surface area (Å²) in [5.74, 6) is 0. The monoisotopic (exact) mass is 432 g/mol. The highest BCUT2D eigenvalue weighted by atomic mass is 28.3. The average Bonchev–Trinajstić information content (AvgIpc) is 3.16. The van der Waals surface area contributed by atoms with Crippen LogP contribution in [0.5, 0.6) is 0 Å². The van der Waals surface area contributed by atoms with Gasteiger partial charge in [-0.05, 0) is 56.9 Å². The van der Waals surface area contributed by atoms with Crippen LogP contribution in [0.15, 0.2) is 97.3 Å². The number of hydrogen-bond acceptors (Lipinski definition) is 4. The second-order valence-electron chi connectivity index (χ2n) is 8.14. The van der Waals surface area contributed by atoms with Crippen LogP contribution in [-0.2, 0) is 0 Å². The summed E-state index contributed by atoms with van der Waals surface area (Å²) < 4.78 is 0. The zero-order valence-corrected chi connectivity index (χ0v) is 19.2. The molecule has 1 aliphatic rings. The van der Waals surface area contributed by atoms with Gasteiger partial charge in [-0.3, -0.25) is 0 Å². The van der Waals surface area contributed by atoms with Crippen molar-refractivity contribution >= 4 is 29.6 Å². The third-order valence-electron chi connectivity index (χ3n) is 6.34. The Hall–Kier alpha value is -3.70. The van der Waals surface area contributed by atoms with Crippen molar-refractivity contribution < 1.29 is 0 Å². The largest absolute Gasteiger partial charge is 0.159 e. The maximum Gasteiger partial charge on any atom is 0.122 e. The number of nitrogens with zero attached hydrogens (tertiary/aromatic N) is 4. The maximum absolute atomic E-state index is 4.60. The van der Waals surface area contributed by atoms with Crippen LogP contribution in [0.4, 0.5) is 0 Å². The van der Waals surface area contributed by atoms with Crippen LogP contribution >= 0.6 is 0 Å². The van der Waals surface area contributed by atoms with Gasteiger partial charge in [-0.2, -0.15) is 20.4 Å². The molecule has 2 aromatic heterocycles. The van der Waals surface area contributed by atoms with E-state index in [1.54, 1.807) is 12.4 Å². The third-order valence-corrected chi connectivity index (χ3v) is 11.0. The highest BCUT2D eigenvalue weighted by molar-refractivity contribution is 7.13. The summed E-state index contributed by atoms with van der Waals surface area (Å²) >= 11 is 0. The summed E-state index contributed by atoms with van der Waals surface area (Å²) in [6.45, 7) is 4.72. The van der Waals surface area contributed by atoms with E-state index in [-0.39, 0.29) is 0 Å². The zero-order chi connectivity index (χ0) is 22.0. The minimum Gasteiger partial charge on any atom is -0.159 e. The van der Waals surface area contributed by atoms with Crippen LogP contribution in [-0.4, -0.2) is 28.5 Å². The van der Waals surface area contributed by atoms with Gasteiger partial charge in [0.25, 0.3) is 0 Å². The van der Waals surface area contributed by atoms with Crippen molar-refractivity contribution in [2.45, 2.75) is 19.5 Å². The Morgan fingerprint density at radius 3 is 1.38 bits per heavy atom. The van der Waals surface area contributed by atoms with Crippen molar-refractivity contribution in [2.24, 2.45) is 0 Å². The molecule has 0 N–H and O–H groups in total. The fourth-order valence-electron chi connectivity index (χ4n) is 4.76. The van der Waals surface area contributed by atoms with Gasteiger partial charge in [0.1, 0.15) is 8.07 Å². The Bertz CT molecular complexity index is 1190. The molecule has 0 aliphatic carbocycles. The quantitative estimate of drug-likeness (QED) is 0.364. The molecule has 1 aliphatic heterocycles. The van der Waals surface area contributed by atoms with E-state index < -0.39 is 8.07 Å².